The van der Waals surface area contributed by atoms with Crippen molar-refractivity contribution in [3.8, 4) is 0 Å². The van der Waals surface area contributed by atoms with Crippen molar-refractivity contribution in [1.29, 1.82) is 0 Å². The van der Waals surface area contributed by atoms with E-state index >= 15 is 0 Å². The zero-order valence-corrected chi connectivity index (χ0v) is 13.1. The molecule has 3 aromatic rings. The molecule has 0 saturated carbocycles. The molecule has 1 amide bonds. The summed E-state index contributed by atoms with van der Waals surface area (Å²) < 4.78 is 15.9. The second-order valence-corrected chi connectivity index (χ2v) is 6.06. The molecule has 0 aliphatic carbocycles. The molecule has 1 fully saturated rings. The number of likely N-dealkylation sites (tertiary alicyclic amines) is 1. The monoisotopic (exact) mass is 324 g/mol. The van der Waals surface area contributed by atoms with E-state index in [9.17, 15) is 9.18 Å². The van der Waals surface area contributed by atoms with Crippen LogP contribution < -0.4 is 0 Å². The maximum Gasteiger partial charge on any atom is 0.256 e. The summed E-state index contributed by atoms with van der Waals surface area (Å²) in [6.07, 6.45) is 3.74. The molecular formula is C18H17FN4O. The van der Waals surface area contributed by atoms with E-state index in [-0.39, 0.29) is 17.4 Å². The summed E-state index contributed by atoms with van der Waals surface area (Å²) in [5, 5.41) is 8.49. The Balaban J connectivity index is 1.60. The van der Waals surface area contributed by atoms with Crippen molar-refractivity contribution in [2.45, 2.75) is 18.8 Å². The van der Waals surface area contributed by atoms with E-state index in [2.05, 4.69) is 10.2 Å². The number of carbonyl (C=O) groups is 1. The summed E-state index contributed by atoms with van der Waals surface area (Å²) in [5.74, 6) is 0.229. The van der Waals surface area contributed by atoms with Crippen LogP contribution in [0.25, 0.3) is 5.65 Å². The van der Waals surface area contributed by atoms with Crippen molar-refractivity contribution in [3.05, 3.63) is 65.9 Å². The van der Waals surface area contributed by atoms with Crippen LogP contribution >= 0.6 is 0 Å². The number of fused-ring (bicyclic) bond motifs is 1. The molecule has 122 valence electrons. The van der Waals surface area contributed by atoms with E-state index in [0.29, 0.717) is 13.1 Å². The lowest BCUT2D eigenvalue weighted by Gasteiger charge is -2.32. The summed E-state index contributed by atoms with van der Waals surface area (Å²) >= 11 is 0. The van der Waals surface area contributed by atoms with Gasteiger partial charge in [-0.15, -0.1) is 10.2 Å². The van der Waals surface area contributed by atoms with Gasteiger partial charge >= 0.3 is 0 Å². The van der Waals surface area contributed by atoms with Gasteiger partial charge in [-0.05, 0) is 37.1 Å². The van der Waals surface area contributed by atoms with Crippen LogP contribution in [0, 0.1) is 5.82 Å². The largest absolute Gasteiger partial charge is 0.338 e. The molecule has 0 N–H and O–H groups in total. The predicted octanol–water partition coefficient (Wildman–Crippen LogP) is 2.89. The standard InChI is InChI=1S/C18H17FN4O/c19-15-8-2-1-7-14(15)18(24)22-10-5-6-13(12-22)17-21-20-16-9-3-4-11-23(16)17/h1-4,7-9,11,13H,5-6,10,12H2/t13-/m0/s1. The number of hydrogen-bond donors (Lipinski definition) is 0. The van der Waals surface area contributed by atoms with Crippen LogP contribution in [0.2, 0.25) is 0 Å². The lowest BCUT2D eigenvalue weighted by atomic mass is 9.96. The Bertz CT molecular complexity index is 891. The molecule has 3 heterocycles. The summed E-state index contributed by atoms with van der Waals surface area (Å²) in [5.41, 5.74) is 0.925. The van der Waals surface area contributed by atoms with Gasteiger partial charge in [-0.1, -0.05) is 18.2 Å². The van der Waals surface area contributed by atoms with Gasteiger partial charge in [-0.25, -0.2) is 4.39 Å². The second kappa shape index (κ2) is 6.03. The van der Waals surface area contributed by atoms with Crippen LogP contribution in [0.15, 0.2) is 48.7 Å². The number of nitrogens with zero attached hydrogens (tertiary/aromatic N) is 4. The summed E-state index contributed by atoms with van der Waals surface area (Å²) in [6, 6.07) is 11.9. The van der Waals surface area contributed by atoms with Crippen molar-refractivity contribution >= 4 is 11.6 Å². The highest BCUT2D eigenvalue weighted by molar-refractivity contribution is 5.94. The Kier molecular flexibility index (Phi) is 3.72. The van der Waals surface area contributed by atoms with Crippen molar-refractivity contribution in [1.82, 2.24) is 19.5 Å². The minimum atomic E-state index is -0.474. The number of carbonyl (C=O) groups excluding carboxylic acids is 1. The van der Waals surface area contributed by atoms with E-state index in [0.717, 1.165) is 24.3 Å². The Morgan fingerprint density at radius 3 is 2.83 bits per heavy atom. The van der Waals surface area contributed by atoms with Gasteiger partial charge < -0.3 is 4.90 Å². The average molecular weight is 324 g/mol. The Morgan fingerprint density at radius 2 is 1.96 bits per heavy atom. The minimum Gasteiger partial charge on any atom is -0.338 e. The number of halogens is 1. The average Bonchev–Trinajstić information content (AvgIpc) is 3.06. The topological polar surface area (TPSA) is 50.5 Å². The Labute approximate surface area is 138 Å². The summed E-state index contributed by atoms with van der Waals surface area (Å²) in [4.78, 5) is 14.4. The first-order valence-corrected chi connectivity index (χ1v) is 8.07. The van der Waals surface area contributed by atoms with Crippen LogP contribution in [0.4, 0.5) is 4.39 Å². The quantitative estimate of drug-likeness (QED) is 0.728. The number of aromatic nitrogens is 3. The lowest BCUT2D eigenvalue weighted by Crippen LogP contribution is -2.39. The maximum absolute atomic E-state index is 13.9. The Morgan fingerprint density at radius 1 is 1.12 bits per heavy atom. The molecule has 1 aliphatic heterocycles. The number of rotatable bonds is 2. The predicted molar refractivity (Wildman–Crippen MR) is 87.3 cm³/mol. The van der Waals surface area contributed by atoms with Crippen LogP contribution in [-0.2, 0) is 0 Å². The van der Waals surface area contributed by atoms with Gasteiger partial charge in [0.15, 0.2) is 5.65 Å². The molecule has 4 rings (SSSR count). The summed E-state index contributed by atoms with van der Waals surface area (Å²) in [6.45, 7) is 1.17. The lowest BCUT2D eigenvalue weighted by molar-refractivity contribution is 0.0699. The van der Waals surface area contributed by atoms with Crippen LogP contribution in [0.5, 0.6) is 0 Å². The highest BCUT2D eigenvalue weighted by Gasteiger charge is 2.29. The zero-order valence-electron chi connectivity index (χ0n) is 13.1. The first kappa shape index (κ1) is 14.8. The molecule has 6 heteroatoms. The molecule has 0 radical (unpaired) electrons. The van der Waals surface area contributed by atoms with Gasteiger partial charge in [-0.2, -0.15) is 0 Å². The number of pyridine rings is 1. The number of amides is 1. The number of benzene rings is 1. The SMILES string of the molecule is O=C(c1ccccc1F)N1CCC[C@H](c2nnc3ccccn23)C1. The molecule has 5 nitrogen and oxygen atoms in total. The molecule has 1 aromatic carbocycles. The smallest absolute Gasteiger partial charge is 0.256 e. The van der Waals surface area contributed by atoms with E-state index in [4.69, 9.17) is 0 Å². The first-order chi connectivity index (χ1) is 11.7. The van der Waals surface area contributed by atoms with E-state index in [1.165, 1.54) is 12.1 Å². The van der Waals surface area contributed by atoms with Gasteiger partial charge in [0, 0.05) is 25.2 Å². The maximum atomic E-state index is 13.9. The Hall–Kier alpha value is -2.76. The molecule has 0 unspecified atom stereocenters. The van der Waals surface area contributed by atoms with E-state index < -0.39 is 5.82 Å². The highest BCUT2D eigenvalue weighted by Crippen LogP contribution is 2.27. The molecule has 1 aliphatic rings. The van der Waals surface area contributed by atoms with E-state index in [1.807, 2.05) is 28.8 Å². The van der Waals surface area contributed by atoms with Crippen molar-refractivity contribution < 1.29 is 9.18 Å². The third kappa shape index (κ3) is 2.54. The molecule has 2 aromatic heterocycles. The highest BCUT2D eigenvalue weighted by atomic mass is 19.1. The molecule has 0 spiro atoms. The van der Waals surface area contributed by atoms with Crippen LogP contribution in [-0.4, -0.2) is 38.5 Å². The fraction of sp³-hybridized carbons (Fsp3) is 0.278. The normalized spacial score (nSPS) is 18.0. The van der Waals surface area contributed by atoms with Crippen LogP contribution in [0.1, 0.15) is 34.9 Å². The number of piperidine rings is 1. The zero-order chi connectivity index (χ0) is 16.5. The van der Waals surface area contributed by atoms with Gasteiger partial charge in [0.25, 0.3) is 5.91 Å². The molecular weight excluding hydrogens is 307 g/mol. The van der Waals surface area contributed by atoms with Gasteiger partial charge in [0.2, 0.25) is 0 Å². The number of hydrogen-bond acceptors (Lipinski definition) is 3. The fourth-order valence-corrected chi connectivity index (χ4v) is 3.32. The summed E-state index contributed by atoms with van der Waals surface area (Å²) in [7, 11) is 0. The second-order valence-electron chi connectivity index (χ2n) is 6.06. The molecule has 1 saturated heterocycles. The molecule has 0 bridgehead atoms. The van der Waals surface area contributed by atoms with Crippen molar-refractivity contribution in [2.75, 3.05) is 13.1 Å². The van der Waals surface area contributed by atoms with Crippen molar-refractivity contribution in [2.24, 2.45) is 0 Å². The van der Waals surface area contributed by atoms with E-state index in [1.54, 1.807) is 17.0 Å². The fourth-order valence-electron chi connectivity index (χ4n) is 3.32. The van der Waals surface area contributed by atoms with Gasteiger partial charge in [0.05, 0.1) is 5.56 Å². The van der Waals surface area contributed by atoms with Gasteiger partial charge in [0.1, 0.15) is 11.6 Å². The minimum absolute atomic E-state index is 0.104. The first-order valence-electron chi connectivity index (χ1n) is 8.07. The van der Waals surface area contributed by atoms with Crippen molar-refractivity contribution in [3.63, 3.8) is 0 Å². The molecule has 24 heavy (non-hydrogen) atoms. The van der Waals surface area contributed by atoms with Gasteiger partial charge in [-0.3, -0.25) is 9.20 Å². The third-order valence-corrected chi connectivity index (χ3v) is 4.52. The molecule has 1 atom stereocenters. The third-order valence-electron chi connectivity index (χ3n) is 4.52. The van der Waals surface area contributed by atoms with Crippen LogP contribution in [0.3, 0.4) is 0 Å².